The quantitative estimate of drug-likeness (QED) is 0.666. The van der Waals surface area contributed by atoms with Crippen molar-refractivity contribution in [3.63, 3.8) is 0 Å². The Kier molecular flexibility index (Phi) is 5.86. The van der Waals surface area contributed by atoms with E-state index < -0.39 is 0 Å². The molecule has 3 aromatic rings. The Balaban J connectivity index is 1.77. The van der Waals surface area contributed by atoms with Crippen LogP contribution in [0.3, 0.4) is 0 Å². The number of para-hydroxylation sites is 2. The van der Waals surface area contributed by atoms with E-state index in [2.05, 4.69) is 10.3 Å². The number of imidazole rings is 1. The molecular weight excluding hydrogens is 366 g/mol. The molecule has 1 heterocycles. The van der Waals surface area contributed by atoms with Crippen molar-refractivity contribution >= 4 is 28.5 Å². The lowest BCUT2D eigenvalue weighted by Gasteiger charge is -2.14. The van der Waals surface area contributed by atoms with Crippen molar-refractivity contribution in [2.24, 2.45) is 7.05 Å². The monoisotopic (exact) mass is 387 g/mol. The number of halogens is 1. The molecule has 0 unspecified atom stereocenters. The predicted molar refractivity (Wildman–Crippen MR) is 106 cm³/mol. The first-order chi connectivity index (χ1) is 13.0. The van der Waals surface area contributed by atoms with Gasteiger partial charge in [-0.25, -0.2) is 4.98 Å². The standard InChI is InChI=1S/C20H22ClN3O3/c1-4-9-27-19-14(21)10-13(11-17(19)26-3)20(25)22-12-18-23-15-7-5-6-8-16(15)24(18)2/h5-8,10-11H,4,9,12H2,1-3H3,(H,22,25). The van der Waals surface area contributed by atoms with E-state index in [1.165, 1.54) is 7.11 Å². The van der Waals surface area contributed by atoms with Gasteiger partial charge in [-0.1, -0.05) is 30.7 Å². The summed E-state index contributed by atoms with van der Waals surface area (Å²) < 4.78 is 12.9. The van der Waals surface area contributed by atoms with E-state index in [1.807, 2.05) is 42.8 Å². The molecule has 6 nitrogen and oxygen atoms in total. The van der Waals surface area contributed by atoms with Gasteiger partial charge in [0.25, 0.3) is 5.91 Å². The van der Waals surface area contributed by atoms with E-state index in [1.54, 1.807) is 12.1 Å². The number of fused-ring (bicyclic) bond motifs is 1. The van der Waals surface area contributed by atoms with Crippen LogP contribution in [0.15, 0.2) is 36.4 Å². The first-order valence-corrected chi connectivity index (χ1v) is 9.11. The number of aromatic nitrogens is 2. The number of nitrogens with zero attached hydrogens (tertiary/aromatic N) is 2. The minimum absolute atomic E-state index is 0.260. The molecule has 142 valence electrons. The van der Waals surface area contributed by atoms with Crippen LogP contribution in [0, 0.1) is 0 Å². The van der Waals surface area contributed by atoms with Crippen LogP contribution < -0.4 is 14.8 Å². The molecule has 0 aliphatic rings. The highest BCUT2D eigenvalue weighted by molar-refractivity contribution is 6.32. The molecule has 0 saturated heterocycles. The van der Waals surface area contributed by atoms with Gasteiger partial charge in [-0.3, -0.25) is 4.79 Å². The molecule has 7 heteroatoms. The van der Waals surface area contributed by atoms with Crippen LogP contribution in [0.2, 0.25) is 5.02 Å². The number of carbonyl (C=O) groups is 1. The smallest absolute Gasteiger partial charge is 0.251 e. The normalized spacial score (nSPS) is 10.8. The number of hydrogen-bond acceptors (Lipinski definition) is 4. The number of aryl methyl sites for hydroxylation is 1. The average molecular weight is 388 g/mol. The number of rotatable bonds is 7. The number of amides is 1. The van der Waals surface area contributed by atoms with E-state index >= 15 is 0 Å². The zero-order valence-electron chi connectivity index (χ0n) is 15.6. The van der Waals surface area contributed by atoms with Crippen molar-refractivity contribution < 1.29 is 14.3 Å². The SMILES string of the molecule is CCCOc1c(Cl)cc(C(=O)NCc2nc3ccccc3n2C)cc1OC. The second-order valence-electron chi connectivity index (χ2n) is 6.10. The number of benzene rings is 2. The van der Waals surface area contributed by atoms with Gasteiger partial charge < -0.3 is 19.4 Å². The molecule has 0 aliphatic heterocycles. The van der Waals surface area contributed by atoms with E-state index in [0.29, 0.717) is 35.2 Å². The third-order valence-electron chi connectivity index (χ3n) is 4.23. The van der Waals surface area contributed by atoms with Gasteiger partial charge in [0.15, 0.2) is 11.5 Å². The predicted octanol–water partition coefficient (Wildman–Crippen LogP) is 3.95. The van der Waals surface area contributed by atoms with E-state index in [-0.39, 0.29) is 5.91 Å². The second-order valence-corrected chi connectivity index (χ2v) is 6.50. The molecule has 0 atom stereocenters. The molecular formula is C20H22ClN3O3. The summed E-state index contributed by atoms with van der Waals surface area (Å²) in [6.45, 7) is 2.83. The van der Waals surface area contributed by atoms with Gasteiger partial charge in [-0.05, 0) is 30.7 Å². The highest BCUT2D eigenvalue weighted by Crippen LogP contribution is 2.36. The maximum Gasteiger partial charge on any atom is 0.251 e. The zero-order chi connectivity index (χ0) is 19.4. The highest BCUT2D eigenvalue weighted by Gasteiger charge is 2.16. The van der Waals surface area contributed by atoms with Crippen molar-refractivity contribution in [3.8, 4) is 11.5 Å². The van der Waals surface area contributed by atoms with E-state index in [0.717, 1.165) is 23.3 Å². The Morgan fingerprint density at radius 2 is 2.07 bits per heavy atom. The second kappa shape index (κ2) is 8.31. The lowest BCUT2D eigenvalue weighted by Crippen LogP contribution is -2.24. The van der Waals surface area contributed by atoms with Gasteiger partial charge in [0.2, 0.25) is 0 Å². The minimum atomic E-state index is -0.260. The van der Waals surface area contributed by atoms with Crippen LogP contribution in [-0.4, -0.2) is 29.2 Å². The van der Waals surface area contributed by atoms with Crippen molar-refractivity contribution in [2.45, 2.75) is 19.9 Å². The molecule has 0 fully saturated rings. The summed E-state index contributed by atoms with van der Waals surface area (Å²) in [7, 11) is 3.45. The molecule has 0 bridgehead atoms. The first-order valence-electron chi connectivity index (χ1n) is 8.74. The molecule has 0 saturated carbocycles. The van der Waals surface area contributed by atoms with Crippen LogP contribution in [0.5, 0.6) is 11.5 Å². The topological polar surface area (TPSA) is 65.4 Å². The molecule has 3 rings (SSSR count). The number of methoxy groups -OCH3 is 1. The van der Waals surface area contributed by atoms with E-state index in [9.17, 15) is 4.79 Å². The summed E-state index contributed by atoms with van der Waals surface area (Å²) in [5.74, 6) is 1.39. The number of ether oxygens (including phenoxy) is 2. The molecule has 0 radical (unpaired) electrons. The summed E-state index contributed by atoms with van der Waals surface area (Å²) in [5.41, 5.74) is 2.31. The molecule has 0 spiro atoms. The van der Waals surface area contributed by atoms with Crippen molar-refractivity contribution in [1.82, 2.24) is 14.9 Å². The van der Waals surface area contributed by atoms with Gasteiger partial charge in [-0.2, -0.15) is 0 Å². The molecule has 27 heavy (non-hydrogen) atoms. The molecule has 1 N–H and O–H groups in total. The Morgan fingerprint density at radius 1 is 1.30 bits per heavy atom. The molecule has 2 aromatic carbocycles. The first kappa shape index (κ1) is 19.0. The average Bonchev–Trinajstić information content (AvgIpc) is 3.00. The van der Waals surface area contributed by atoms with Crippen LogP contribution in [0.4, 0.5) is 0 Å². The lowest BCUT2D eigenvalue weighted by molar-refractivity contribution is 0.0949. The minimum Gasteiger partial charge on any atom is -0.493 e. The summed E-state index contributed by atoms with van der Waals surface area (Å²) in [6.07, 6.45) is 0.847. The summed E-state index contributed by atoms with van der Waals surface area (Å²) >= 11 is 6.29. The maximum absolute atomic E-state index is 12.6. The number of nitrogens with one attached hydrogen (secondary N) is 1. The fourth-order valence-corrected chi connectivity index (χ4v) is 3.08. The Hall–Kier alpha value is -2.73. The van der Waals surface area contributed by atoms with Gasteiger partial charge in [0, 0.05) is 12.6 Å². The zero-order valence-corrected chi connectivity index (χ0v) is 16.3. The number of carbonyl (C=O) groups excluding carboxylic acids is 1. The molecule has 0 aliphatic carbocycles. The Labute approximate surface area is 163 Å². The van der Waals surface area contributed by atoms with Crippen molar-refractivity contribution in [3.05, 3.63) is 52.8 Å². The van der Waals surface area contributed by atoms with Crippen molar-refractivity contribution in [2.75, 3.05) is 13.7 Å². The third kappa shape index (κ3) is 4.01. The van der Waals surface area contributed by atoms with Crippen LogP contribution in [-0.2, 0) is 13.6 Å². The largest absolute Gasteiger partial charge is 0.493 e. The Bertz CT molecular complexity index is 969. The molecule has 1 amide bonds. The summed E-state index contributed by atoms with van der Waals surface area (Å²) in [5, 5.41) is 3.22. The summed E-state index contributed by atoms with van der Waals surface area (Å²) in [6, 6.07) is 11.0. The van der Waals surface area contributed by atoms with Gasteiger partial charge in [0.1, 0.15) is 5.82 Å². The maximum atomic E-state index is 12.6. The number of hydrogen-bond donors (Lipinski definition) is 1. The lowest BCUT2D eigenvalue weighted by atomic mass is 10.2. The van der Waals surface area contributed by atoms with Gasteiger partial charge in [0.05, 0.1) is 36.3 Å². The highest BCUT2D eigenvalue weighted by atomic mass is 35.5. The van der Waals surface area contributed by atoms with Gasteiger partial charge >= 0.3 is 0 Å². The van der Waals surface area contributed by atoms with Crippen LogP contribution in [0.25, 0.3) is 11.0 Å². The third-order valence-corrected chi connectivity index (χ3v) is 4.51. The summed E-state index contributed by atoms with van der Waals surface area (Å²) in [4.78, 5) is 17.1. The fourth-order valence-electron chi connectivity index (χ4n) is 2.81. The molecule has 1 aromatic heterocycles. The van der Waals surface area contributed by atoms with Gasteiger partial charge in [-0.15, -0.1) is 0 Å². The van der Waals surface area contributed by atoms with Crippen molar-refractivity contribution in [1.29, 1.82) is 0 Å². The Morgan fingerprint density at radius 3 is 2.78 bits per heavy atom. The van der Waals surface area contributed by atoms with Crippen LogP contribution in [0.1, 0.15) is 29.5 Å². The van der Waals surface area contributed by atoms with E-state index in [4.69, 9.17) is 21.1 Å². The fraction of sp³-hybridized carbons (Fsp3) is 0.300. The van der Waals surface area contributed by atoms with Crippen LogP contribution >= 0.6 is 11.6 Å².